The minimum atomic E-state index is -0.0520. The lowest BCUT2D eigenvalue weighted by atomic mass is 9.33. The van der Waals surface area contributed by atoms with E-state index in [-0.39, 0.29) is 44.6 Å². The lowest BCUT2D eigenvalue weighted by Crippen LogP contribution is -2.62. The predicted molar refractivity (Wildman–Crippen MR) is 325 cm³/mol. The van der Waals surface area contributed by atoms with Gasteiger partial charge in [-0.1, -0.05) is 171 Å². The highest BCUT2D eigenvalue weighted by Gasteiger charge is 2.49. The molecule has 0 atom stereocenters. The SMILES string of the molecule is Cc1cc2c(cc1N1c3ccc(C(C)(C)C)cc3B3c4cc5c(cc4N(c4cc6c(cc4C)C(C)(C)CC6(C)C)c4cc(N(c6ccccc6)c6ccccc6)cc1c43)C(C)(C)CCC5(C)C)C(C)(C)CCC2(C)C. The van der Waals surface area contributed by atoms with Gasteiger partial charge in [-0.2, -0.15) is 0 Å². The predicted octanol–water partition coefficient (Wildman–Crippen LogP) is 17.8. The van der Waals surface area contributed by atoms with Gasteiger partial charge in [0.15, 0.2) is 0 Å². The highest BCUT2D eigenvalue weighted by Crippen LogP contribution is 2.57. The second kappa shape index (κ2) is 16.3. The Morgan fingerprint density at radius 1 is 0.387 bits per heavy atom. The zero-order chi connectivity index (χ0) is 53.3. The summed E-state index contributed by atoms with van der Waals surface area (Å²) in [4.78, 5) is 7.98. The number of anilines is 9. The Bertz CT molecular complexity index is 3450. The summed E-state index contributed by atoms with van der Waals surface area (Å²) in [5, 5.41) is 0. The molecule has 0 saturated carbocycles. The first kappa shape index (κ1) is 49.9. The van der Waals surface area contributed by atoms with E-state index in [4.69, 9.17) is 0 Å². The second-order valence-electron chi connectivity index (χ2n) is 28.8. The third kappa shape index (κ3) is 7.63. The molecule has 0 radical (unpaired) electrons. The second-order valence-corrected chi connectivity index (χ2v) is 28.8. The van der Waals surface area contributed by atoms with Crippen molar-refractivity contribution in [2.75, 3.05) is 14.7 Å². The van der Waals surface area contributed by atoms with Crippen molar-refractivity contribution in [3.8, 4) is 0 Å². The molecule has 7 aromatic rings. The van der Waals surface area contributed by atoms with Crippen molar-refractivity contribution in [1.82, 2.24) is 0 Å². The lowest BCUT2D eigenvalue weighted by molar-refractivity contribution is 0.332. The van der Waals surface area contributed by atoms with Gasteiger partial charge in [0.2, 0.25) is 0 Å². The van der Waals surface area contributed by atoms with Crippen LogP contribution in [0, 0.1) is 13.8 Å². The number of nitrogens with zero attached hydrogens (tertiary/aromatic N) is 3. The maximum absolute atomic E-state index is 2.76. The van der Waals surface area contributed by atoms with E-state index in [1.165, 1.54) is 107 Å². The smallest absolute Gasteiger partial charge is 0.252 e. The lowest BCUT2D eigenvalue weighted by Gasteiger charge is -2.48. The van der Waals surface area contributed by atoms with Gasteiger partial charge in [-0.05, 0) is 211 Å². The van der Waals surface area contributed by atoms with Crippen molar-refractivity contribution < 1.29 is 0 Å². The van der Waals surface area contributed by atoms with E-state index in [1.54, 1.807) is 0 Å². The van der Waals surface area contributed by atoms with Crippen molar-refractivity contribution in [2.24, 2.45) is 0 Å². The molecule has 3 nitrogen and oxygen atoms in total. The van der Waals surface area contributed by atoms with Crippen LogP contribution >= 0.6 is 0 Å². The van der Waals surface area contributed by atoms with Crippen LogP contribution < -0.4 is 31.1 Å². The molecule has 2 aliphatic heterocycles. The van der Waals surface area contributed by atoms with Crippen LogP contribution in [0.4, 0.5) is 51.2 Å². The average Bonchev–Trinajstić information content (AvgIpc) is 3.53. The van der Waals surface area contributed by atoms with Crippen LogP contribution in [0.2, 0.25) is 0 Å². The average molecular weight is 988 g/mol. The van der Waals surface area contributed by atoms with Gasteiger partial charge in [0.1, 0.15) is 0 Å². The molecular formula is C71H82BN3. The first-order valence-corrected chi connectivity index (χ1v) is 28.4. The van der Waals surface area contributed by atoms with Crippen molar-refractivity contribution >= 4 is 74.3 Å². The van der Waals surface area contributed by atoms with Gasteiger partial charge >= 0.3 is 0 Å². The summed E-state index contributed by atoms with van der Waals surface area (Å²) in [7, 11) is 0. The molecular weight excluding hydrogens is 906 g/mol. The van der Waals surface area contributed by atoms with Gasteiger partial charge in [0.05, 0.1) is 5.69 Å². The van der Waals surface area contributed by atoms with Crippen LogP contribution in [0.5, 0.6) is 0 Å². The van der Waals surface area contributed by atoms with Gasteiger partial charge in [0, 0.05) is 45.5 Å². The summed E-state index contributed by atoms with van der Waals surface area (Å²) >= 11 is 0. The number of para-hydroxylation sites is 2. The molecule has 3 aliphatic carbocycles. The maximum Gasteiger partial charge on any atom is 0.252 e. The van der Waals surface area contributed by atoms with Crippen molar-refractivity contribution in [3.05, 3.63) is 177 Å². The third-order valence-electron chi connectivity index (χ3n) is 19.5. The number of fused-ring (bicyclic) bond motifs is 7. The number of hydrogen-bond acceptors (Lipinski definition) is 3. The Kier molecular flexibility index (Phi) is 10.8. The van der Waals surface area contributed by atoms with Crippen LogP contribution in [0.1, 0.15) is 186 Å². The molecule has 0 N–H and O–H groups in total. The zero-order valence-corrected chi connectivity index (χ0v) is 48.6. The van der Waals surface area contributed by atoms with E-state index >= 15 is 0 Å². The molecule has 384 valence electrons. The first-order valence-electron chi connectivity index (χ1n) is 28.4. The Labute approximate surface area is 451 Å². The highest BCUT2D eigenvalue weighted by atomic mass is 15.2. The van der Waals surface area contributed by atoms with E-state index in [2.05, 4.69) is 260 Å². The molecule has 4 heteroatoms. The van der Waals surface area contributed by atoms with Gasteiger partial charge in [-0.25, -0.2) is 0 Å². The molecule has 0 bridgehead atoms. The summed E-state index contributed by atoms with van der Waals surface area (Å²) in [6, 6.07) is 50.6. The van der Waals surface area contributed by atoms with Gasteiger partial charge in [-0.15, -0.1) is 0 Å². The molecule has 0 aromatic heterocycles. The number of aryl methyl sites for hydroxylation is 2. The fourth-order valence-electron chi connectivity index (χ4n) is 15.1. The van der Waals surface area contributed by atoms with Crippen LogP contribution in [-0.4, -0.2) is 6.71 Å². The molecule has 0 saturated heterocycles. The van der Waals surface area contributed by atoms with E-state index in [1.807, 2.05) is 0 Å². The largest absolute Gasteiger partial charge is 0.311 e. The quantitative estimate of drug-likeness (QED) is 0.159. The Morgan fingerprint density at radius 3 is 1.24 bits per heavy atom. The number of hydrogen-bond donors (Lipinski definition) is 0. The Balaban J connectivity index is 1.27. The highest BCUT2D eigenvalue weighted by molar-refractivity contribution is 7.00. The number of rotatable bonds is 5. The summed E-state index contributed by atoms with van der Waals surface area (Å²) in [6.45, 7) is 41.7. The maximum atomic E-state index is 2.76. The molecule has 0 fully saturated rings. The van der Waals surface area contributed by atoms with Gasteiger partial charge in [-0.3, -0.25) is 0 Å². The van der Waals surface area contributed by atoms with Crippen molar-refractivity contribution in [1.29, 1.82) is 0 Å². The normalized spacial score (nSPS) is 19.6. The molecule has 2 heterocycles. The topological polar surface area (TPSA) is 9.72 Å². The van der Waals surface area contributed by atoms with Crippen LogP contribution in [0.3, 0.4) is 0 Å². The fraction of sp³-hybridized carbons (Fsp3) is 0.408. The van der Waals surface area contributed by atoms with Crippen LogP contribution in [0.15, 0.2) is 127 Å². The molecule has 75 heavy (non-hydrogen) atoms. The van der Waals surface area contributed by atoms with E-state index < -0.39 is 0 Å². The van der Waals surface area contributed by atoms with E-state index in [0.717, 1.165) is 42.7 Å². The molecule has 12 rings (SSSR count). The van der Waals surface area contributed by atoms with Crippen LogP contribution in [0.25, 0.3) is 0 Å². The van der Waals surface area contributed by atoms with Crippen LogP contribution in [-0.2, 0) is 37.9 Å². The monoisotopic (exact) mass is 988 g/mol. The minimum absolute atomic E-state index is 0.0161. The fourth-order valence-corrected chi connectivity index (χ4v) is 15.1. The molecule has 0 amide bonds. The third-order valence-corrected chi connectivity index (χ3v) is 19.5. The first-order chi connectivity index (χ1) is 35.1. The van der Waals surface area contributed by atoms with Gasteiger partial charge < -0.3 is 14.7 Å². The minimum Gasteiger partial charge on any atom is -0.311 e. The molecule has 5 aliphatic rings. The van der Waals surface area contributed by atoms with E-state index in [9.17, 15) is 0 Å². The zero-order valence-electron chi connectivity index (χ0n) is 48.6. The van der Waals surface area contributed by atoms with Crippen molar-refractivity contribution in [2.45, 2.75) is 188 Å². The summed E-state index contributed by atoms with van der Waals surface area (Å²) in [5.74, 6) is 0. The molecule has 0 unspecified atom stereocenters. The summed E-state index contributed by atoms with van der Waals surface area (Å²) in [5.41, 5.74) is 28.5. The van der Waals surface area contributed by atoms with Crippen molar-refractivity contribution in [3.63, 3.8) is 0 Å². The molecule has 7 aromatic carbocycles. The Morgan fingerprint density at radius 2 is 0.773 bits per heavy atom. The van der Waals surface area contributed by atoms with Gasteiger partial charge in [0.25, 0.3) is 6.71 Å². The summed E-state index contributed by atoms with van der Waals surface area (Å²) in [6.07, 6.45) is 5.79. The number of benzene rings is 7. The van der Waals surface area contributed by atoms with E-state index in [0.29, 0.717) is 0 Å². The summed E-state index contributed by atoms with van der Waals surface area (Å²) < 4.78 is 0. The Hall–Kier alpha value is -6.00. The standard InChI is InChI=1S/C71H82BN3/c1-44-34-50-53(68(10,11)32-30-66(50,6)7)40-59(44)74-58-29-28-46(65(3,4)5)36-56(58)72-57-39-52-54(69(12,13)33-31-67(52,8)9)42-61(57)75(60-41-55-51(35-45(60)2)70(14,15)43-71(55,16)17)63-38-49(37-62(74)64(63)72)73(47-24-20-18-21-25-47)48-26-22-19-23-27-48/h18-29,34-42H,30-33,43H2,1-17H3. The molecule has 0 spiro atoms.